The number of piperazine rings is 1. The zero-order chi connectivity index (χ0) is 15.1. The van der Waals surface area contributed by atoms with Crippen molar-refractivity contribution in [2.45, 2.75) is 38.7 Å². The predicted molar refractivity (Wildman–Crippen MR) is 88.9 cm³/mol. The molecule has 0 radical (unpaired) electrons. The molecule has 2 rings (SSSR count). The first-order chi connectivity index (χ1) is 10.1. The van der Waals surface area contributed by atoms with Gasteiger partial charge >= 0.3 is 0 Å². The van der Waals surface area contributed by atoms with Gasteiger partial charge in [-0.2, -0.15) is 0 Å². The molecule has 3 heteroatoms. The van der Waals surface area contributed by atoms with Crippen molar-refractivity contribution in [3.8, 4) is 0 Å². The van der Waals surface area contributed by atoms with Gasteiger partial charge in [-0.15, -0.1) is 0 Å². The summed E-state index contributed by atoms with van der Waals surface area (Å²) in [5.74, 6) is 0. The van der Waals surface area contributed by atoms with Crippen molar-refractivity contribution in [1.29, 1.82) is 0 Å². The molecule has 0 amide bonds. The van der Waals surface area contributed by atoms with E-state index in [0.717, 1.165) is 32.4 Å². The number of hydrogen-bond donors (Lipinski definition) is 1. The highest BCUT2D eigenvalue weighted by Gasteiger charge is 2.15. The molecule has 0 atom stereocenters. The van der Waals surface area contributed by atoms with E-state index in [1.165, 1.54) is 30.8 Å². The van der Waals surface area contributed by atoms with Crippen LogP contribution in [0, 0.1) is 0 Å². The summed E-state index contributed by atoms with van der Waals surface area (Å²) in [7, 11) is 1.79. The van der Waals surface area contributed by atoms with Gasteiger partial charge in [-0.3, -0.25) is 0 Å². The second-order valence-electron chi connectivity index (χ2n) is 6.62. The Morgan fingerprint density at radius 1 is 1.05 bits per heavy atom. The van der Waals surface area contributed by atoms with Gasteiger partial charge in [-0.05, 0) is 44.2 Å². The molecule has 1 aromatic rings. The minimum absolute atomic E-state index is 0.0268. The fourth-order valence-corrected chi connectivity index (χ4v) is 2.64. The molecule has 1 saturated heterocycles. The lowest BCUT2D eigenvalue weighted by Crippen LogP contribution is -2.44. The number of benzene rings is 1. The molecule has 0 spiro atoms. The first kappa shape index (κ1) is 16.5. The minimum Gasteiger partial charge on any atom is -0.379 e. The quantitative estimate of drug-likeness (QED) is 0.835. The van der Waals surface area contributed by atoms with Crippen molar-refractivity contribution in [2.24, 2.45) is 0 Å². The van der Waals surface area contributed by atoms with E-state index >= 15 is 0 Å². The van der Waals surface area contributed by atoms with Crippen LogP contribution in [0.3, 0.4) is 0 Å². The number of nitrogens with one attached hydrogen (secondary N) is 1. The van der Waals surface area contributed by atoms with Gasteiger partial charge in [0.15, 0.2) is 0 Å². The molecule has 1 aromatic carbocycles. The Kier molecular flexibility index (Phi) is 6.22. The third-order valence-corrected chi connectivity index (χ3v) is 4.52. The highest BCUT2D eigenvalue weighted by molar-refractivity contribution is 5.23. The fraction of sp³-hybridized carbons (Fsp3) is 0.667. The number of aryl methyl sites for hydroxylation is 1. The number of rotatable bonds is 7. The lowest BCUT2D eigenvalue weighted by molar-refractivity contribution is 0.0158. The van der Waals surface area contributed by atoms with Crippen LogP contribution in [-0.2, 0) is 17.6 Å². The highest BCUT2D eigenvalue weighted by Crippen LogP contribution is 2.17. The first-order valence-electron chi connectivity index (χ1n) is 8.15. The second-order valence-corrected chi connectivity index (χ2v) is 6.62. The van der Waals surface area contributed by atoms with E-state index in [9.17, 15) is 0 Å². The van der Waals surface area contributed by atoms with Gasteiger partial charge in [0.25, 0.3) is 0 Å². The lowest BCUT2D eigenvalue weighted by Gasteiger charge is -2.27. The molecular weight excluding hydrogens is 260 g/mol. The molecule has 1 heterocycles. The molecule has 1 fully saturated rings. The Balaban J connectivity index is 1.76. The topological polar surface area (TPSA) is 24.5 Å². The summed E-state index contributed by atoms with van der Waals surface area (Å²) in [4.78, 5) is 2.55. The zero-order valence-electron chi connectivity index (χ0n) is 13.8. The average Bonchev–Trinajstić information content (AvgIpc) is 2.53. The average molecular weight is 290 g/mol. The molecule has 1 aliphatic heterocycles. The number of nitrogens with zero attached hydrogens (tertiary/aromatic N) is 1. The summed E-state index contributed by atoms with van der Waals surface area (Å²) in [6, 6.07) is 9.13. The maximum absolute atomic E-state index is 5.48. The molecule has 0 saturated carbocycles. The van der Waals surface area contributed by atoms with E-state index in [1.54, 1.807) is 7.11 Å². The van der Waals surface area contributed by atoms with Crippen molar-refractivity contribution < 1.29 is 4.74 Å². The van der Waals surface area contributed by atoms with Crippen molar-refractivity contribution >= 4 is 0 Å². The Morgan fingerprint density at radius 3 is 2.19 bits per heavy atom. The summed E-state index contributed by atoms with van der Waals surface area (Å²) < 4.78 is 5.48. The van der Waals surface area contributed by atoms with Crippen molar-refractivity contribution in [2.75, 3.05) is 39.8 Å². The number of methoxy groups -OCH3 is 1. The van der Waals surface area contributed by atoms with Crippen molar-refractivity contribution in [1.82, 2.24) is 10.2 Å². The van der Waals surface area contributed by atoms with Crippen LogP contribution < -0.4 is 5.32 Å². The summed E-state index contributed by atoms with van der Waals surface area (Å²) in [6.45, 7) is 10.1. The second kappa shape index (κ2) is 7.92. The van der Waals surface area contributed by atoms with Gasteiger partial charge in [-0.25, -0.2) is 0 Å². The van der Waals surface area contributed by atoms with Crippen LogP contribution in [0.2, 0.25) is 0 Å². The Labute approximate surface area is 129 Å². The van der Waals surface area contributed by atoms with E-state index in [0.29, 0.717) is 0 Å². The summed E-state index contributed by atoms with van der Waals surface area (Å²) >= 11 is 0. The molecule has 0 aromatic heterocycles. The maximum Gasteiger partial charge on any atom is 0.0625 e. The van der Waals surface area contributed by atoms with E-state index in [2.05, 4.69) is 48.3 Å². The van der Waals surface area contributed by atoms with Crippen molar-refractivity contribution in [3.63, 3.8) is 0 Å². The van der Waals surface area contributed by atoms with E-state index in [1.807, 2.05) is 0 Å². The molecule has 1 N–H and O–H groups in total. The molecular formula is C18H30N2O. The minimum atomic E-state index is -0.0268. The maximum atomic E-state index is 5.48. The summed E-state index contributed by atoms with van der Waals surface area (Å²) in [6.07, 6.45) is 3.30. The van der Waals surface area contributed by atoms with Crippen LogP contribution in [0.5, 0.6) is 0 Å². The summed E-state index contributed by atoms with van der Waals surface area (Å²) in [5, 5.41) is 3.40. The highest BCUT2D eigenvalue weighted by atomic mass is 16.5. The van der Waals surface area contributed by atoms with Crippen LogP contribution in [0.15, 0.2) is 24.3 Å². The van der Waals surface area contributed by atoms with Gasteiger partial charge < -0.3 is 15.0 Å². The van der Waals surface area contributed by atoms with Gasteiger partial charge in [0.1, 0.15) is 0 Å². The Morgan fingerprint density at radius 2 is 1.62 bits per heavy atom. The van der Waals surface area contributed by atoms with E-state index in [4.69, 9.17) is 4.74 Å². The molecule has 3 nitrogen and oxygen atoms in total. The van der Waals surface area contributed by atoms with Gasteiger partial charge in [0.05, 0.1) is 5.60 Å². The van der Waals surface area contributed by atoms with Gasteiger partial charge in [-0.1, -0.05) is 24.3 Å². The Bertz CT molecular complexity index is 408. The fourth-order valence-electron chi connectivity index (χ4n) is 2.64. The number of hydrogen-bond acceptors (Lipinski definition) is 3. The Hall–Kier alpha value is -0.900. The van der Waals surface area contributed by atoms with Crippen LogP contribution in [0.25, 0.3) is 0 Å². The molecule has 0 unspecified atom stereocenters. The third-order valence-electron chi connectivity index (χ3n) is 4.52. The SMILES string of the molecule is COC(C)(C)CCc1ccc(CCN2CCNCC2)cc1. The molecule has 0 bridgehead atoms. The standard InChI is InChI=1S/C18H30N2O/c1-18(2,21-3)10-8-16-4-6-17(7-5-16)9-13-20-14-11-19-12-15-20/h4-7,19H,8-15H2,1-3H3. The molecule has 0 aliphatic carbocycles. The summed E-state index contributed by atoms with van der Waals surface area (Å²) in [5.41, 5.74) is 2.83. The normalized spacial score (nSPS) is 17.1. The smallest absolute Gasteiger partial charge is 0.0625 e. The molecule has 1 aliphatic rings. The van der Waals surface area contributed by atoms with Crippen LogP contribution in [0.1, 0.15) is 31.4 Å². The lowest BCUT2D eigenvalue weighted by atomic mass is 9.97. The van der Waals surface area contributed by atoms with Gasteiger partial charge in [0, 0.05) is 39.8 Å². The van der Waals surface area contributed by atoms with Crippen LogP contribution in [-0.4, -0.2) is 50.3 Å². The monoisotopic (exact) mass is 290 g/mol. The van der Waals surface area contributed by atoms with E-state index < -0.39 is 0 Å². The van der Waals surface area contributed by atoms with Crippen molar-refractivity contribution in [3.05, 3.63) is 35.4 Å². The number of ether oxygens (including phenoxy) is 1. The van der Waals surface area contributed by atoms with Gasteiger partial charge in [0.2, 0.25) is 0 Å². The molecule has 21 heavy (non-hydrogen) atoms. The third kappa shape index (κ3) is 5.77. The largest absolute Gasteiger partial charge is 0.379 e. The van der Waals surface area contributed by atoms with Crippen LogP contribution in [0.4, 0.5) is 0 Å². The van der Waals surface area contributed by atoms with E-state index in [-0.39, 0.29) is 5.60 Å². The predicted octanol–water partition coefficient (Wildman–Crippen LogP) is 2.49. The first-order valence-corrected chi connectivity index (χ1v) is 8.15. The molecule has 118 valence electrons. The van der Waals surface area contributed by atoms with Crippen LogP contribution >= 0.6 is 0 Å². The zero-order valence-corrected chi connectivity index (χ0v) is 13.8.